The van der Waals surface area contributed by atoms with E-state index in [1.54, 1.807) is 10.7 Å². The molecule has 28 heavy (non-hydrogen) atoms. The summed E-state index contributed by atoms with van der Waals surface area (Å²) in [5.41, 5.74) is 3.34. The summed E-state index contributed by atoms with van der Waals surface area (Å²) in [4.78, 5) is 17.1. The largest absolute Gasteiger partial charge is 0.310 e. The molecule has 4 aromatic rings. The van der Waals surface area contributed by atoms with Crippen molar-refractivity contribution in [3.05, 3.63) is 69.6 Å². The fourth-order valence-electron chi connectivity index (χ4n) is 3.67. The highest BCUT2D eigenvalue weighted by atomic mass is 79.9. The van der Waals surface area contributed by atoms with E-state index >= 15 is 0 Å². The third-order valence-electron chi connectivity index (χ3n) is 4.87. The summed E-state index contributed by atoms with van der Waals surface area (Å²) >= 11 is 4.98. The van der Waals surface area contributed by atoms with Crippen LogP contribution in [0.5, 0.6) is 0 Å². The number of aromatic nitrogens is 3. The number of hydrogen-bond acceptors (Lipinski definition) is 4. The van der Waals surface area contributed by atoms with Gasteiger partial charge in [0.05, 0.1) is 15.9 Å². The molecule has 1 aliphatic heterocycles. The lowest BCUT2D eigenvalue weighted by atomic mass is 9.86. The molecule has 1 amide bonds. The number of thiazole rings is 1. The van der Waals surface area contributed by atoms with E-state index in [9.17, 15) is 9.18 Å². The molecule has 1 atom stereocenters. The summed E-state index contributed by atoms with van der Waals surface area (Å²) in [6, 6.07) is 12.3. The van der Waals surface area contributed by atoms with Crippen LogP contribution >= 0.6 is 27.3 Å². The molecule has 0 spiro atoms. The number of halogens is 2. The van der Waals surface area contributed by atoms with E-state index in [0.717, 1.165) is 31.5 Å². The van der Waals surface area contributed by atoms with Gasteiger partial charge in [-0.05, 0) is 42.8 Å². The second-order valence-electron chi connectivity index (χ2n) is 6.73. The topological polar surface area (TPSA) is 59.8 Å². The van der Waals surface area contributed by atoms with Gasteiger partial charge in [-0.25, -0.2) is 9.37 Å². The van der Waals surface area contributed by atoms with Crippen LogP contribution in [0, 0.1) is 12.7 Å². The van der Waals surface area contributed by atoms with Crippen LogP contribution in [-0.4, -0.2) is 20.7 Å². The van der Waals surface area contributed by atoms with Crippen LogP contribution < -0.4 is 5.32 Å². The maximum Gasteiger partial charge on any atom is 0.226 e. The molecule has 0 fully saturated rings. The molecule has 0 aliphatic carbocycles. The predicted octanol–water partition coefficient (Wildman–Crippen LogP) is 5.17. The number of aryl methyl sites for hydroxylation is 1. The number of fused-ring (bicyclic) bond motifs is 2. The van der Waals surface area contributed by atoms with Crippen molar-refractivity contribution in [2.75, 3.05) is 5.32 Å². The molecule has 140 valence electrons. The normalized spacial score (nSPS) is 16.2. The van der Waals surface area contributed by atoms with Crippen molar-refractivity contribution in [3.8, 4) is 5.13 Å². The van der Waals surface area contributed by atoms with E-state index in [1.165, 1.54) is 23.5 Å². The van der Waals surface area contributed by atoms with E-state index < -0.39 is 0 Å². The number of amides is 1. The van der Waals surface area contributed by atoms with Gasteiger partial charge in [-0.3, -0.25) is 4.79 Å². The van der Waals surface area contributed by atoms with Gasteiger partial charge in [-0.1, -0.05) is 39.4 Å². The molecule has 1 N–H and O–H groups in total. The molecule has 5 rings (SSSR count). The molecule has 3 heterocycles. The Balaban J connectivity index is 1.68. The minimum absolute atomic E-state index is 0.119. The summed E-state index contributed by atoms with van der Waals surface area (Å²) in [5, 5.41) is 8.28. The monoisotopic (exact) mass is 456 g/mol. The van der Waals surface area contributed by atoms with Gasteiger partial charge in [0.1, 0.15) is 11.6 Å². The fraction of sp³-hybridized carbons (Fsp3) is 0.150. The van der Waals surface area contributed by atoms with Crippen molar-refractivity contribution >= 4 is 49.2 Å². The standard InChI is InChI=1S/C20H14BrFN4OS/c1-10-18-14(11-3-2-4-13(22)7-11)9-17(27)24-19(18)26(25-10)20-23-15-6-5-12(21)8-16(15)28-20/h2-8,14H,9H2,1H3,(H,24,27)/t14-/m0/s1. The van der Waals surface area contributed by atoms with Crippen molar-refractivity contribution in [1.82, 2.24) is 14.8 Å². The van der Waals surface area contributed by atoms with Crippen LogP contribution in [-0.2, 0) is 4.79 Å². The Hall–Kier alpha value is -2.58. The van der Waals surface area contributed by atoms with E-state index in [4.69, 9.17) is 0 Å². The zero-order valence-electron chi connectivity index (χ0n) is 14.7. The smallest absolute Gasteiger partial charge is 0.226 e. The zero-order chi connectivity index (χ0) is 19.4. The van der Waals surface area contributed by atoms with Crippen LogP contribution in [0.25, 0.3) is 15.3 Å². The van der Waals surface area contributed by atoms with Gasteiger partial charge in [0.25, 0.3) is 0 Å². The highest BCUT2D eigenvalue weighted by Crippen LogP contribution is 2.41. The number of benzene rings is 2. The quantitative estimate of drug-likeness (QED) is 0.452. The fourth-order valence-corrected chi connectivity index (χ4v) is 5.15. The highest BCUT2D eigenvalue weighted by Gasteiger charge is 2.33. The van der Waals surface area contributed by atoms with Crippen LogP contribution in [0.1, 0.15) is 29.2 Å². The molecular weight excluding hydrogens is 443 g/mol. The van der Waals surface area contributed by atoms with Gasteiger partial charge in [-0.15, -0.1) is 0 Å². The lowest BCUT2D eigenvalue weighted by molar-refractivity contribution is -0.116. The zero-order valence-corrected chi connectivity index (χ0v) is 17.1. The summed E-state index contributed by atoms with van der Waals surface area (Å²) < 4.78 is 17.5. The third kappa shape index (κ3) is 2.84. The first-order valence-electron chi connectivity index (χ1n) is 8.71. The number of nitrogens with one attached hydrogen (secondary N) is 1. The lowest BCUT2D eigenvalue weighted by Gasteiger charge is -2.24. The molecule has 2 aromatic heterocycles. The first-order chi connectivity index (χ1) is 13.5. The van der Waals surface area contributed by atoms with Gasteiger partial charge in [0.15, 0.2) is 0 Å². The Kier molecular flexibility index (Phi) is 4.06. The number of carbonyl (C=O) groups excluding carboxylic acids is 1. The number of carbonyl (C=O) groups is 1. The minimum Gasteiger partial charge on any atom is -0.310 e. The summed E-state index contributed by atoms with van der Waals surface area (Å²) in [5.74, 6) is -0.0588. The SMILES string of the molecule is Cc1nn(-c2nc3ccc(Br)cc3s2)c2c1[C@H](c1cccc(F)c1)CC(=O)N2. The van der Waals surface area contributed by atoms with Gasteiger partial charge in [0.2, 0.25) is 11.0 Å². The maximum atomic E-state index is 13.8. The molecular formula is C20H14BrFN4OS. The van der Waals surface area contributed by atoms with E-state index in [1.807, 2.05) is 31.2 Å². The number of rotatable bonds is 2. The van der Waals surface area contributed by atoms with Crippen molar-refractivity contribution < 1.29 is 9.18 Å². The molecule has 1 aliphatic rings. The third-order valence-corrected chi connectivity index (χ3v) is 6.36. The van der Waals surface area contributed by atoms with Gasteiger partial charge in [0, 0.05) is 22.4 Å². The van der Waals surface area contributed by atoms with E-state index in [0.29, 0.717) is 10.9 Å². The molecule has 0 saturated heterocycles. The Morgan fingerprint density at radius 1 is 1.29 bits per heavy atom. The molecule has 0 radical (unpaired) electrons. The van der Waals surface area contributed by atoms with Crippen molar-refractivity contribution in [3.63, 3.8) is 0 Å². The molecule has 8 heteroatoms. The van der Waals surface area contributed by atoms with Crippen molar-refractivity contribution in [2.24, 2.45) is 0 Å². The molecule has 2 aromatic carbocycles. The first-order valence-corrected chi connectivity index (χ1v) is 10.3. The van der Waals surface area contributed by atoms with Gasteiger partial charge >= 0.3 is 0 Å². The lowest BCUT2D eigenvalue weighted by Crippen LogP contribution is -2.25. The predicted molar refractivity (Wildman–Crippen MR) is 111 cm³/mol. The van der Waals surface area contributed by atoms with Gasteiger partial charge < -0.3 is 5.32 Å². The molecule has 5 nitrogen and oxygen atoms in total. The highest BCUT2D eigenvalue weighted by molar-refractivity contribution is 9.10. The first kappa shape index (κ1) is 17.5. The summed E-state index contributed by atoms with van der Waals surface area (Å²) in [7, 11) is 0. The maximum absolute atomic E-state index is 13.8. The van der Waals surface area contributed by atoms with Gasteiger partial charge in [-0.2, -0.15) is 9.78 Å². The molecule has 0 bridgehead atoms. The van der Waals surface area contributed by atoms with Crippen LogP contribution in [0.3, 0.4) is 0 Å². The average molecular weight is 457 g/mol. The molecule has 0 unspecified atom stereocenters. The van der Waals surface area contributed by atoms with Crippen molar-refractivity contribution in [1.29, 1.82) is 0 Å². The second kappa shape index (κ2) is 6.49. The number of nitrogens with zero attached hydrogens (tertiary/aromatic N) is 3. The van der Waals surface area contributed by atoms with E-state index in [2.05, 4.69) is 31.3 Å². The number of anilines is 1. The van der Waals surface area contributed by atoms with E-state index in [-0.39, 0.29) is 24.1 Å². The second-order valence-corrected chi connectivity index (χ2v) is 8.65. The Labute approximate surface area is 172 Å². The van der Waals surface area contributed by atoms with Crippen LogP contribution in [0.4, 0.5) is 10.2 Å². The number of hydrogen-bond donors (Lipinski definition) is 1. The Bertz CT molecular complexity index is 1250. The summed E-state index contributed by atoms with van der Waals surface area (Å²) in [6.45, 7) is 1.91. The summed E-state index contributed by atoms with van der Waals surface area (Å²) in [6.07, 6.45) is 0.260. The van der Waals surface area contributed by atoms with Crippen LogP contribution in [0.2, 0.25) is 0 Å². The Morgan fingerprint density at radius 3 is 2.96 bits per heavy atom. The molecule has 0 saturated carbocycles. The van der Waals surface area contributed by atoms with Crippen LogP contribution in [0.15, 0.2) is 46.9 Å². The minimum atomic E-state index is -0.313. The Morgan fingerprint density at radius 2 is 2.14 bits per heavy atom. The average Bonchev–Trinajstić information content (AvgIpc) is 3.21. The van der Waals surface area contributed by atoms with Crippen molar-refractivity contribution in [2.45, 2.75) is 19.3 Å².